The standard InChI is InChI=1S/C14H22O4/c15-9-10-16-11-14(17-12-5-1-2-6-12)18-13-7-3-4-8-13/h5,7,14-15H,1-4,6,8-11H2. The van der Waals surface area contributed by atoms with Crippen molar-refractivity contribution in [3.05, 3.63) is 23.7 Å². The molecule has 0 aromatic carbocycles. The summed E-state index contributed by atoms with van der Waals surface area (Å²) in [6, 6.07) is 0. The predicted molar refractivity (Wildman–Crippen MR) is 67.7 cm³/mol. The van der Waals surface area contributed by atoms with Gasteiger partial charge in [0.1, 0.15) is 6.61 Å². The first kappa shape index (κ1) is 13.4. The normalized spacial score (nSPS) is 19.0. The van der Waals surface area contributed by atoms with Crippen molar-refractivity contribution in [1.82, 2.24) is 0 Å². The maximum absolute atomic E-state index is 8.72. The zero-order valence-corrected chi connectivity index (χ0v) is 10.8. The molecule has 4 heteroatoms. The van der Waals surface area contributed by atoms with Crippen molar-refractivity contribution in [3.8, 4) is 0 Å². The van der Waals surface area contributed by atoms with E-state index in [0.717, 1.165) is 50.0 Å². The summed E-state index contributed by atoms with van der Waals surface area (Å²) in [5.41, 5.74) is 0. The van der Waals surface area contributed by atoms with Crippen molar-refractivity contribution in [2.45, 2.75) is 44.8 Å². The second-order valence-corrected chi connectivity index (χ2v) is 4.59. The fourth-order valence-electron chi connectivity index (χ4n) is 2.17. The molecule has 0 radical (unpaired) electrons. The average molecular weight is 254 g/mol. The summed E-state index contributed by atoms with van der Waals surface area (Å²) in [4.78, 5) is 0. The fourth-order valence-corrected chi connectivity index (χ4v) is 2.17. The van der Waals surface area contributed by atoms with Gasteiger partial charge >= 0.3 is 0 Å². The van der Waals surface area contributed by atoms with Gasteiger partial charge in [-0.15, -0.1) is 0 Å². The van der Waals surface area contributed by atoms with Gasteiger partial charge in [-0.2, -0.15) is 0 Å². The Morgan fingerprint density at radius 2 is 1.67 bits per heavy atom. The molecule has 102 valence electrons. The summed E-state index contributed by atoms with van der Waals surface area (Å²) in [7, 11) is 0. The first-order valence-corrected chi connectivity index (χ1v) is 6.78. The van der Waals surface area contributed by atoms with Crippen LogP contribution in [0.4, 0.5) is 0 Å². The second-order valence-electron chi connectivity index (χ2n) is 4.59. The van der Waals surface area contributed by atoms with E-state index in [4.69, 9.17) is 19.3 Å². The maximum Gasteiger partial charge on any atom is 0.263 e. The van der Waals surface area contributed by atoms with Gasteiger partial charge < -0.3 is 19.3 Å². The Balaban J connectivity index is 1.80. The summed E-state index contributed by atoms with van der Waals surface area (Å²) in [6.07, 6.45) is 10.3. The van der Waals surface area contributed by atoms with Gasteiger partial charge in [0.25, 0.3) is 6.29 Å². The number of aliphatic hydroxyl groups is 1. The van der Waals surface area contributed by atoms with E-state index in [1.165, 1.54) is 0 Å². The van der Waals surface area contributed by atoms with E-state index in [9.17, 15) is 0 Å². The van der Waals surface area contributed by atoms with Gasteiger partial charge in [-0.25, -0.2) is 0 Å². The van der Waals surface area contributed by atoms with Crippen LogP contribution in [0.5, 0.6) is 0 Å². The zero-order valence-electron chi connectivity index (χ0n) is 10.8. The van der Waals surface area contributed by atoms with Crippen LogP contribution in [0.3, 0.4) is 0 Å². The van der Waals surface area contributed by atoms with Gasteiger partial charge in [-0.1, -0.05) is 0 Å². The topological polar surface area (TPSA) is 47.9 Å². The van der Waals surface area contributed by atoms with Gasteiger partial charge in [0.05, 0.1) is 24.7 Å². The van der Waals surface area contributed by atoms with Crippen molar-refractivity contribution in [1.29, 1.82) is 0 Å². The molecule has 0 aliphatic heterocycles. The molecule has 0 unspecified atom stereocenters. The number of aliphatic hydroxyl groups excluding tert-OH is 1. The molecule has 0 fully saturated rings. The van der Waals surface area contributed by atoms with Crippen molar-refractivity contribution >= 4 is 0 Å². The highest BCUT2D eigenvalue weighted by Gasteiger charge is 2.18. The molecule has 0 bridgehead atoms. The molecule has 0 atom stereocenters. The van der Waals surface area contributed by atoms with Crippen molar-refractivity contribution in [2.24, 2.45) is 0 Å². The Morgan fingerprint density at radius 1 is 1.06 bits per heavy atom. The highest BCUT2D eigenvalue weighted by atomic mass is 16.7. The van der Waals surface area contributed by atoms with Crippen molar-refractivity contribution < 1.29 is 19.3 Å². The molecule has 0 saturated heterocycles. The molecule has 2 aliphatic rings. The molecule has 0 amide bonds. The summed E-state index contributed by atoms with van der Waals surface area (Å²) < 4.78 is 16.9. The van der Waals surface area contributed by atoms with Gasteiger partial charge in [-0.3, -0.25) is 0 Å². The summed E-state index contributed by atoms with van der Waals surface area (Å²) in [5.74, 6) is 2.01. The summed E-state index contributed by atoms with van der Waals surface area (Å²) in [5, 5.41) is 8.72. The number of hydrogen-bond donors (Lipinski definition) is 1. The lowest BCUT2D eigenvalue weighted by Gasteiger charge is -2.21. The molecule has 0 aromatic rings. The van der Waals surface area contributed by atoms with E-state index in [1.807, 2.05) is 0 Å². The molecule has 0 saturated carbocycles. The summed E-state index contributed by atoms with van der Waals surface area (Å²) in [6.45, 7) is 0.703. The third-order valence-corrected chi connectivity index (χ3v) is 3.05. The van der Waals surface area contributed by atoms with Crippen LogP contribution in [-0.4, -0.2) is 31.2 Å². The number of rotatable bonds is 8. The Kier molecular flexibility index (Phi) is 5.55. The lowest BCUT2D eigenvalue weighted by Crippen LogP contribution is -2.23. The quantitative estimate of drug-likeness (QED) is 0.534. The SMILES string of the molecule is OCCOCC(OC1=CCCC1)OC1=CCCC1. The van der Waals surface area contributed by atoms with Gasteiger partial charge in [0, 0.05) is 12.8 Å². The first-order valence-electron chi connectivity index (χ1n) is 6.78. The van der Waals surface area contributed by atoms with Crippen LogP contribution in [0.2, 0.25) is 0 Å². The Morgan fingerprint density at radius 3 is 2.11 bits per heavy atom. The molecule has 18 heavy (non-hydrogen) atoms. The lowest BCUT2D eigenvalue weighted by atomic mass is 10.3. The molecule has 0 heterocycles. The molecular formula is C14H22O4. The van der Waals surface area contributed by atoms with E-state index in [0.29, 0.717) is 13.2 Å². The largest absolute Gasteiger partial charge is 0.457 e. The number of hydrogen-bond acceptors (Lipinski definition) is 4. The van der Waals surface area contributed by atoms with Gasteiger partial charge in [0.15, 0.2) is 0 Å². The zero-order chi connectivity index (χ0) is 12.6. The molecule has 0 spiro atoms. The number of ether oxygens (including phenoxy) is 3. The fraction of sp³-hybridized carbons (Fsp3) is 0.714. The van der Waals surface area contributed by atoms with Crippen LogP contribution in [0.25, 0.3) is 0 Å². The third-order valence-electron chi connectivity index (χ3n) is 3.05. The van der Waals surface area contributed by atoms with E-state index < -0.39 is 0 Å². The van der Waals surface area contributed by atoms with E-state index >= 15 is 0 Å². The van der Waals surface area contributed by atoms with Crippen LogP contribution in [-0.2, 0) is 14.2 Å². The van der Waals surface area contributed by atoms with Crippen molar-refractivity contribution in [2.75, 3.05) is 19.8 Å². The smallest absolute Gasteiger partial charge is 0.263 e. The Hall–Kier alpha value is -1.00. The minimum Gasteiger partial charge on any atom is -0.457 e. The highest BCUT2D eigenvalue weighted by molar-refractivity contribution is 5.02. The minimum absolute atomic E-state index is 0.0259. The van der Waals surface area contributed by atoms with Crippen LogP contribution >= 0.6 is 0 Å². The molecule has 2 rings (SSSR count). The first-order chi connectivity index (χ1) is 8.88. The lowest BCUT2D eigenvalue weighted by molar-refractivity contribution is -0.131. The maximum atomic E-state index is 8.72. The Bertz CT molecular complexity index is 283. The monoisotopic (exact) mass is 254 g/mol. The predicted octanol–water partition coefficient (Wildman–Crippen LogP) is 2.49. The summed E-state index contributed by atoms with van der Waals surface area (Å²) >= 11 is 0. The van der Waals surface area contributed by atoms with Crippen molar-refractivity contribution in [3.63, 3.8) is 0 Å². The van der Waals surface area contributed by atoms with E-state index in [1.54, 1.807) is 0 Å². The third kappa shape index (κ3) is 4.35. The van der Waals surface area contributed by atoms with Gasteiger partial charge in [0.2, 0.25) is 0 Å². The molecule has 1 N–H and O–H groups in total. The minimum atomic E-state index is -0.384. The highest BCUT2D eigenvalue weighted by Crippen LogP contribution is 2.24. The molecular weight excluding hydrogens is 232 g/mol. The van der Waals surface area contributed by atoms with Crippen LogP contribution in [0.1, 0.15) is 38.5 Å². The van der Waals surface area contributed by atoms with Gasteiger partial charge in [-0.05, 0) is 37.8 Å². The van der Waals surface area contributed by atoms with E-state index in [2.05, 4.69) is 12.2 Å². The van der Waals surface area contributed by atoms with Crippen LogP contribution < -0.4 is 0 Å². The molecule has 0 aromatic heterocycles. The van der Waals surface area contributed by atoms with Crippen LogP contribution in [0.15, 0.2) is 23.7 Å². The molecule has 2 aliphatic carbocycles. The average Bonchev–Trinajstić information content (AvgIpc) is 3.02. The Labute approximate surface area is 108 Å². The number of allylic oxidation sites excluding steroid dienone is 4. The van der Waals surface area contributed by atoms with E-state index in [-0.39, 0.29) is 12.9 Å². The molecule has 4 nitrogen and oxygen atoms in total. The van der Waals surface area contributed by atoms with Crippen LogP contribution in [0, 0.1) is 0 Å². The second kappa shape index (κ2) is 7.44.